The van der Waals surface area contributed by atoms with Crippen molar-refractivity contribution in [1.82, 2.24) is 9.80 Å². The Kier molecular flexibility index (Phi) is 5.81. The molecule has 20 heavy (non-hydrogen) atoms. The summed E-state index contributed by atoms with van der Waals surface area (Å²) in [7, 11) is 2.08. The van der Waals surface area contributed by atoms with Gasteiger partial charge in [0.2, 0.25) is 5.91 Å². The highest BCUT2D eigenvalue weighted by molar-refractivity contribution is 5.81. The van der Waals surface area contributed by atoms with Crippen molar-refractivity contribution < 1.29 is 9.53 Å². The topological polar surface area (TPSA) is 58.8 Å². The summed E-state index contributed by atoms with van der Waals surface area (Å²) in [6, 6.07) is 0.388. The lowest BCUT2D eigenvalue weighted by Crippen LogP contribution is -2.54. The van der Waals surface area contributed by atoms with E-state index in [1.165, 1.54) is 25.7 Å². The van der Waals surface area contributed by atoms with Gasteiger partial charge in [0.1, 0.15) is 0 Å². The molecule has 3 atom stereocenters. The summed E-state index contributed by atoms with van der Waals surface area (Å²) in [6.07, 6.45) is 4.89. The lowest BCUT2D eigenvalue weighted by atomic mass is 9.83. The van der Waals surface area contributed by atoms with Gasteiger partial charge < -0.3 is 15.4 Å². The number of hydrogen-bond donors (Lipinski definition) is 1. The maximum Gasteiger partial charge on any atom is 0.239 e. The molecular formula is C15H29N3O2. The molecule has 2 fully saturated rings. The molecular weight excluding hydrogens is 254 g/mol. The van der Waals surface area contributed by atoms with Crippen LogP contribution in [0.5, 0.6) is 0 Å². The van der Waals surface area contributed by atoms with Gasteiger partial charge in [0, 0.05) is 19.1 Å². The van der Waals surface area contributed by atoms with E-state index >= 15 is 0 Å². The first-order chi connectivity index (χ1) is 9.65. The standard InChI is InChI=1S/C15H29N3O2/c1-12(15(19)18-7-9-20-10-8-18)17(2)14-6-4-3-5-13(14)11-16/h12-14H,3-11,16H2,1-2H3. The first-order valence-electron chi connectivity index (χ1n) is 7.93. The number of ether oxygens (including phenoxy) is 1. The molecule has 1 saturated heterocycles. The van der Waals surface area contributed by atoms with E-state index in [2.05, 4.69) is 11.9 Å². The van der Waals surface area contributed by atoms with Crippen molar-refractivity contribution in [3.8, 4) is 0 Å². The van der Waals surface area contributed by atoms with E-state index in [1.54, 1.807) is 0 Å². The fraction of sp³-hybridized carbons (Fsp3) is 0.933. The summed E-state index contributed by atoms with van der Waals surface area (Å²) in [5.41, 5.74) is 5.91. The predicted octanol–water partition coefficient (Wildman–Crippen LogP) is 0.683. The van der Waals surface area contributed by atoms with Gasteiger partial charge in [-0.05, 0) is 39.3 Å². The van der Waals surface area contributed by atoms with Crippen molar-refractivity contribution in [2.75, 3.05) is 39.9 Å². The highest BCUT2D eigenvalue weighted by Gasteiger charge is 2.33. The Hall–Kier alpha value is -0.650. The van der Waals surface area contributed by atoms with Gasteiger partial charge in [-0.15, -0.1) is 0 Å². The van der Waals surface area contributed by atoms with Gasteiger partial charge in [-0.3, -0.25) is 9.69 Å². The third-order valence-electron chi connectivity index (χ3n) is 4.99. The summed E-state index contributed by atoms with van der Waals surface area (Å²) in [4.78, 5) is 16.8. The molecule has 0 spiro atoms. The molecule has 0 aromatic rings. The summed E-state index contributed by atoms with van der Waals surface area (Å²) < 4.78 is 5.32. The number of nitrogens with two attached hydrogens (primary N) is 1. The zero-order valence-corrected chi connectivity index (χ0v) is 12.9. The molecule has 3 unspecified atom stereocenters. The van der Waals surface area contributed by atoms with Crippen molar-refractivity contribution in [2.24, 2.45) is 11.7 Å². The van der Waals surface area contributed by atoms with E-state index in [4.69, 9.17) is 10.5 Å². The van der Waals surface area contributed by atoms with Gasteiger partial charge in [0.05, 0.1) is 19.3 Å². The molecule has 2 rings (SSSR count). The van der Waals surface area contributed by atoms with E-state index < -0.39 is 0 Å². The highest BCUT2D eigenvalue weighted by atomic mass is 16.5. The van der Waals surface area contributed by atoms with Crippen LogP contribution in [0, 0.1) is 5.92 Å². The van der Waals surface area contributed by atoms with Crippen LogP contribution in [0.4, 0.5) is 0 Å². The van der Waals surface area contributed by atoms with Gasteiger partial charge >= 0.3 is 0 Å². The van der Waals surface area contributed by atoms with Gasteiger partial charge in [0.15, 0.2) is 0 Å². The minimum Gasteiger partial charge on any atom is -0.378 e. The number of hydrogen-bond acceptors (Lipinski definition) is 4. The molecule has 116 valence electrons. The van der Waals surface area contributed by atoms with Crippen LogP contribution in [0.1, 0.15) is 32.6 Å². The quantitative estimate of drug-likeness (QED) is 0.824. The number of amides is 1. The first kappa shape index (κ1) is 15.7. The number of likely N-dealkylation sites (N-methyl/N-ethyl adjacent to an activating group) is 1. The van der Waals surface area contributed by atoms with Gasteiger partial charge in [-0.1, -0.05) is 12.8 Å². The van der Waals surface area contributed by atoms with Crippen LogP contribution < -0.4 is 5.73 Å². The van der Waals surface area contributed by atoms with Crippen molar-refractivity contribution in [1.29, 1.82) is 0 Å². The van der Waals surface area contributed by atoms with E-state index in [1.807, 2.05) is 11.8 Å². The number of nitrogens with zero attached hydrogens (tertiary/aromatic N) is 2. The molecule has 0 radical (unpaired) electrons. The third-order valence-corrected chi connectivity index (χ3v) is 4.99. The summed E-state index contributed by atoms with van der Waals surface area (Å²) in [6.45, 7) is 5.53. The lowest BCUT2D eigenvalue weighted by molar-refractivity contribution is -0.141. The summed E-state index contributed by atoms with van der Waals surface area (Å²) in [5, 5.41) is 0. The van der Waals surface area contributed by atoms with Crippen molar-refractivity contribution >= 4 is 5.91 Å². The number of rotatable bonds is 4. The molecule has 1 aliphatic carbocycles. The van der Waals surface area contributed by atoms with E-state index in [9.17, 15) is 4.79 Å². The van der Waals surface area contributed by atoms with Gasteiger partial charge in [-0.2, -0.15) is 0 Å². The molecule has 5 nitrogen and oxygen atoms in total. The maximum atomic E-state index is 12.6. The Bertz CT molecular complexity index is 318. The van der Waals surface area contributed by atoms with E-state index in [-0.39, 0.29) is 11.9 Å². The first-order valence-corrected chi connectivity index (χ1v) is 7.93. The van der Waals surface area contributed by atoms with Crippen LogP contribution in [0.15, 0.2) is 0 Å². The second kappa shape index (κ2) is 7.38. The predicted molar refractivity (Wildman–Crippen MR) is 79.4 cm³/mol. The summed E-state index contributed by atoms with van der Waals surface area (Å²) >= 11 is 0. The van der Waals surface area contributed by atoms with Crippen molar-refractivity contribution in [3.05, 3.63) is 0 Å². The Labute approximate surface area is 122 Å². The second-order valence-corrected chi connectivity index (χ2v) is 6.13. The Balaban J connectivity index is 1.95. The SMILES string of the molecule is CC(C(=O)N1CCOCC1)N(C)C1CCCCC1CN. The average molecular weight is 283 g/mol. The molecule has 1 amide bonds. The molecule has 5 heteroatoms. The molecule has 2 aliphatic rings. The fourth-order valence-corrected chi connectivity index (χ4v) is 3.51. The molecule has 0 aromatic heterocycles. The number of carbonyl (C=O) groups is 1. The van der Waals surface area contributed by atoms with E-state index in [0.717, 1.165) is 19.6 Å². The number of morpholine rings is 1. The fourth-order valence-electron chi connectivity index (χ4n) is 3.51. The second-order valence-electron chi connectivity index (χ2n) is 6.13. The smallest absolute Gasteiger partial charge is 0.239 e. The minimum absolute atomic E-state index is 0.0646. The molecule has 2 N–H and O–H groups in total. The van der Waals surface area contributed by atoms with Crippen LogP contribution in [0.3, 0.4) is 0 Å². The van der Waals surface area contributed by atoms with Gasteiger partial charge in [-0.25, -0.2) is 0 Å². The molecule has 0 bridgehead atoms. The zero-order chi connectivity index (χ0) is 14.5. The minimum atomic E-state index is -0.0646. The monoisotopic (exact) mass is 283 g/mol. The van der Waals surface area contributed by atoms with Crippen LogP contribution in [0.25, 0.3) is 0 Å². The normalized spacial score (nSPS) is 29.5. The Morgan fingerprint density at radius 3 is 2.65 bits per heavy atom. The van der Waals surface area contributed by atoms with Crippen LogP contribution in [-0.4, -0.2) is 67.7 Å². The maximum absolute atomic E-state index is 12.6. The molecule has 1 heterocycles. The Morgan fingerprint density at radius 1 is 1.35 bits per heavy atom. The Morgan fingerprint density at radius 2 is 2.00 bits per heavy atom. The third kappa shape index (κ3) is 3.51. The van der Waals surface area contributed by atoms with Crippen LogP contribution in [-0.2, 0) is 9.53 Å². The molecule has 0 aromatic carbocycles. The average Bonchev–Trinajstić information content (AvgIpc) is 2.53. The number of carbonyl (C=O) groups excluding carboxylic acids is 1. The van der Waals surface area contributed by atoms with Crippen molar-refractivity contribution in [3.63, 3.8) is 0 Å². The van der Waals surface area contributed by atoms with Crippen LogP contribution in [0.2, 0.25) is 0 Å². The van der Waals surface area contributed by atoms with E-state index in [0.29, 0.717) is 25.2 Å². The van der Waals surface area contributed by atoms with Crippen LogP contribution >= 0.6 is 0 Å². The highest BCUT2D eigenvalue weighted by Crippen LogP contribution is 2.28. The largest absolute Gasteiger partial charge is 0.378 e. The van der Waals surface area contributed by atoms with Gasteiger partial charge in [0.25, 0.3) is 0 Å². The lowest BCUT2D eigenvalue weighted by Gasteiger charge is -2.41. The summed E-state index contributed by atoms with van der Waals surface area (Å²) in [5.74, 6) is 0.769. The van der Waals surface area contributed by atoms with Crippen molar-refractivity contribution in [2.45, 2.75) is 44.7 Å². The molecule has 1 saturated carbocycles. The zero-order valence-electron chi connectivity index (χ0n) is 12.9. The molecule has 1 aliphatic heterocycles.